The molecule has 1 N–H and O–H groups in total. The Morgan fingerprint density at radius 2 is 1.56 bits per heavy atom. The molecule has 88 valence electrons. The first-order valence-electron chi connectivity index (χ1n) is 4.70. The van der Waals surface area contributed by atoms with Gasteiger partial charge in [-0.1, -0.05) is 18.2 Å². The summed E-state index contributed by atoms with van der Waals surface area (Å²) >= 11 is 0. The number of rotatable bonds is 5. The van der Waals surface area contributed by atoms with Crippen molar-refractivity contribution in [2.75, 3.05) is 26.6 Å². The normalized spacial score (nSPS) is 11.2. The molecule has 0 atom stereocenters. The lowest BCUT2D eigenvalue weighted by Gasteiger charge is -2.26. The van der Waals surface area contributed by atoms with Crippen LogP contribution in [-0.2, 0) is 19.0 Å². The zero-order valence-electron chi connectivity index (χ0n) is 9.52. The SMILES string of the molecule is COC(OC)(OC)C(=O)Nc1ccccc1. The maximum Gasteiger partial charge on any atom is 0.367 e. The summed E-state index contributed by atoms with van der Waals surface area (Å²) in [4.78, 5) is 11.8. The highest BCUT2D eigenvalue weighted by Gasteiger charge is 2.39. The highest BCUT2D eigenvalue weighted by molar-refractivity contribution is 5.95. The number of hydrogen-bond donors (Lipinski definition) is 1. The molecule has 16 heavy (non-hydrogen) atoms. The van der Waals surface area contributed by atoms with E-state index in [1.807, 2.05) is 18.2 Å². The number of hydrogen-bond acceptors (Lipinski definition) is 4. The lowest BCUT2D eigenvalue weighted by molar-refractivity contribution is -0.323. The summed E-state index contributed by atoms with van der Waals surface area (Å²) in [6, 6.07) is 8.98. The minimum Gasteiger partial charge on any atom is -0.323 e. The molecule has 0 bridgehead atoms. The molecule has 0 saturated carbocycles. The number of amides is 1. The first-order valence-corrected chi connectivity index (χ1v) is 4.70. The molecule has 0 aromatic heterocycles. The van der Waals surface area contributed by atoms with E-state index in [-0.39, 0.29) is 0 Å². The minimum atomic E-state index is -1.71. The Hall–Kier alpha value is -1.43. The lowest BCUT2D eigenvalue weighted by atomic mass is 10.3. The summed E-state index contributed by atoms with van der Waals surface area (Å²) in [6.45, 7) is 0. The second-order valence-corrected chi connectivity index (χ2v) is 2.99. The molecule has 5 heteroatoms. The van der Waals surface area contributed by atoms with Gasteiger partial charge in [-0.3, -0.25) is 4.79 Å². The zero-order chi connectivity index (χ0) is 12.0. The standard InChI is InChI=1S/C11H15NO4/c1-14-11(15-2,16-3)10(13)12-9-7-5-4-6-8-9/h4-8H,1-3H3,(H,12,13). The third-order valence-electron chi connectivity index (χ3n) is 2.12. The van der Waals surface area contributed by atoms with E-state index < -0.39 is 11.9 Å². The van der Waals surface area contributed by atoms with Gasteiger partial charge < -0.3 is 19.5 Å². The first-order chi connectivity index (χ1) is 7.68. The fourth-order valence-corrected chi connectivity index (χ4v) is 1.26. The van der Waals surface area contributed by atoms with Crippen molar-refractivity contribution < 1.29 is 19.0 Å². The molecule has 0 spiro atoms. The lowest BCUT2D eigenvalue weighted by Crippen LogP contribution is -2.48. The molecule has 1 rings (SSSR count). The molecule has 0 unspecified atom stereocenters. The van der Waals surface area contributed by atoms with Crippen molar-refractivity contribution in [3.05, 3.63) is 30.3 Å². The van der Waals surface area contributed by atoms with Gasteiger partial charge in [-0.25, -0.2) is 0 Å². The van der Waals surface area contributed by atoms with Gasteiger partial charge in [0, 0.05) is 27.0 Å². The Bertz CT molecular complexity index is 327. The van der Waals surface area contributed by atoms with Crippen molar-refractivity contribution >= 4 is 11.6 Å². The van der Waals surface area contributed by atoms with Crippen LogP contribution in [0.4, 0.5) is 5.69 Å². The van der Waals surface area contributed by atoms with E-state index in [9.17, 15) is 4.79 Å². The van der Waals surface area contributed by atoms with Crippen LogP contribution >= 0.6 is 0 Å². The monoisotopic (exact) mass is 225 g/mol. The van der Waals surface area contributed by atoms with E-state index in [0.29, 0.717) is 5.69 Å². The molecule has 0 aliphatic heterocycles. The Balaban J connectivity index is 2.78. The molecular formula is C11H15NO4. The molecule has 1 aromatic carbocycles. The van der Waals surface area contributed by atoms with Gasteiger partial charge in [-0.15, -0.1) is 0 Å². The van der Waals surface area contributed by atoms with Crippen LogP contribution in [0.5, 0.6) is 0 Å². The van der Waals surface area contributed by atoms with Gasteiger partial charge in [0.15, 0.2) is 0 Å². The van der Waals surface area contributed by atoms with Gasteiger partial charge >= 0.3 is 11.9 Å². The first kappa shape index (κ1) is 12.6. The van der Waals surface area contributed by atoms with E-state index in [2.05, 4.69) is 5.32 Å². The molecule has 0 radical (unpaired) electrons. The fourth-order valence-electron chi connectivity index (χ4n) is 1.26. The molecule has 0 aliphatic carbocycles. The summed E-state index contributed by atoms with van der Waals surface area (Å²) in [6.07, 6.45) is 0. The topological polar surface area (TPSA) is 56.8 Å². The number of anilines is 1. The van der Waals surface area contributed by atoms with E-state index in [4.69, 9.17) is 14.2 Å². The Morgan fingerprint density at radius 3 is 2.00 bits per heavy atom. The fraction of sp³-hybridized carbons (Fsp3) is 0.364. The van der Waals surface area contributed by atoms with Crippen molar-refractivity contribution in [1.82, 2.24) is 0 Å². The highest BCUT2D eigenvalue weighted by atomic mass is 16.9. The van der Waals surface area contributed by atoms with Crippen LogP contribution < -0.4 is 5.32 Å². The molecule has 0 saturated heterocycles. The van der Waals surface area contributed by atoms with Crippen molar-refractivity contribution in [2.24, 2.45) is 0 Å². The second kappa shape index (κ2) is 5.60. The average Bonchev–Trinajstić information content (AvgIpc) is 2.33. The van der Waals surface area contributed by atoms with Crippen LogP contribution in [0.15, 0.2) is 30.3 Å². The summed E-state index contributed by atoms with van der Waals surface area (Å²) in [7, 11) is 3.99. The molecule has 0 heterocycles. The summed E-state index contributed by atoms with van der Waals surface area (Å²) in [5, 5.41) is 2.62. The molecule has 0 fully saturated rings. The summed E-state index contributed by atoms with van der Waals surface area (Å²) in [5.74, 6) is -2.23. The number of ether oxygens (including phenoxy) is 3. The van der Waals surface area contributed by atoms with E-state index in [0.717, 1.165) is 0 Å². The predicted molar refractivity (Wildman–Crippen MR) is 58.8 cm³/mol. The van der Waals surface area contributed by atoms with Crippen molar-refractivity contribution in [2.45, 2.75) is 5.97 Å². The van der Waals surface area contributed by atoms with E-state index in [1.165, 1.54) is 21.3 Å². The molecule has 1 amide bonds. The smallest absolute Gasteiger partial charge is 0.323 e. The molecule has 0 aliphatic rings. The molecule has 5 nitrogen and oxygen atoms in total. The third kappa shape index (κ3) is 2.57. The van der Waals surface area contributed by atoms with Crippen LogP contribution in [0.1, 0.15) is 0 Å². The highest BCUT2D eigenvalue weighted by Crippen LogP contribution is 2.15. The van der Waals surface area contributed by atoms with E-state index >= 15 is 0 Å². The van der Waals surface area contributed by atoms with Gasteiger partial charge in [0.2, 0.25) is 0 Å². The number of carbonyl (C=O) groups is 1. The van der Waals surface area contributed by atoms with Gasteiger partial charge in [0.05, 0.1) is 0 Å². The van der Waals surface area contributed by atoms with Gasteiger partial charge in [0.25, 0.3) is 0 Å². The largest absolute Gasteiger partial charge is 0.367 e. The maximum absolute atomic E-state index is 11.8. The molecule has 1 aromatic rings. The van der Waals surface area contributed by atoms with Gasteiger partial charge in [0.1, 0.15) is 0 Å². The summed E-state index contributed by atoms with van der Waals surface area (Å²) in [5.41, 5.74) is 0.642. The Labute approximate surface area is 94.3 Å². The zero-order valence-corrected chi connectivity index (χ0v) is 9.52. The quantitative estimate of drug-likeness (QED) is 0.765. The number of benzene rings is 1. The van der Waals surface area contributed by atoms with Crippen LogP contribution in [0, 0.1) is 0 Å². The predicted octanol–water partition coefficient (Wildman–Crippen LogP) is 1.22. The van der Waals surface area contributed by atoms with Gasteiger partial charge in [-0.05, 0) is 12.1 Å². The minimum absolute atomic E-state index is 0.522. The number of methoxy groups -OCH3 is 3. The van der Waals surface area contributed by atoms with E-state index in [1.54, 1.807) is 12.1 Å². The number of nitrogens with one attached hydrogen (secondary N) is 1. The van der Waals surface area contributed by atoms with Crippen LogP contribution in [0.25, 0.3) is 0 Å². The average molecular weight is 225 g/mol. The molecular weight excluding hydrogens is 210 g/mol. The van der Waals surface area contributed by atoms with Crippen molar-refractivity contribution in [3.8, 4) is 0 Å². The third-order valence-corrected chi connectivity index (χ3v) is 2.12. The maximum atomic E-state index is 11.8. The van der Waals surface area contributed by atoms with Crippen LogP contribution in [0.2, 0.25) is 0 Å². The summed E-state index contributed by atoms with van der Waals surface area (Å²) < 4.78 is 14.7. The number of carbonyl (C=O) groups excluding carboxylic acids is 1. The van der Waals surface area contributed by atoms with Crippen molar-refractivity contribution in [1.29, 1.82) is 0 Å². The van der Waals surface area contributed by atoms with Gasteiger partial charge in [-0.2, -0.15) is 0 Å². The Kier molecular flexibility index (Phi) is 4.42. The van der Waals surface area contributed by atoms with Crippen LogP contribution in [-0.4, -0.2) is 33.2 Å². The number of para-hydroxylation sites is 1. The Morgan fingerprint density at radius 1 is 1.06 bits per heavy atom. The second-order valence-electron chi connectivity index (χ2n) is 2.99. The van der Waals surface area contributed by atoms with Crippen LogP contribution in [0.3, 0.4) is 0 Å². The van der Waals surface area contributed by atoms with Crippen molar-refractivity contribution in [3.63, 3.8) is 0 Å².